The lowest BCUT2D eigenvalue weighted by atomic mass is 10.1. The van der Waals surface area contributed by atoms with Crippen LogP contribution in [0, 0.1) is 0 Å². The zero-order chi connectivity index (χ0) is 10.6. The van der Waals surface area contributed by atoms with E-state index in [4.69, 9.17) is 21.9 Å². The molecule has 0 saturated carbocycles. The maximum atomic E-state index is 10.5. The summed E-state index contributed by atoms with van der Waals surface area (Å²) in [7, 11) is 0. The second-order valence-corrected chi connectivity index (χ2v) is 3.09. The highest BCUT2D eigenvalue weighted by atomic mass is 35.5. The predicted molar refractivity (Wildman–Crippen MR) is 52.0 cm³/mol. The van der Waals surface area contributed by atoms with Crippen LogP contribution in [0.15, 0.2) is 29.4 Å². The van der Waals surface area contributed by atoms with Gasteiger partial charge in [-0.2, -0.15) is 0 Å². The molecule has 14 heavy (non-hydrogen) atoms. The number of carboxylic acids is 1. The number of hydrogen-bond acceptors (Lipinski definition) is 3. The lowest BCUT2D eigenvalue weighted by Crippen LogP contribution is -2.15. The molecule has 74 valence electrons. The number of nitrogens with zero attached hydrogens (tertiary/aromatic N) is 1. The molecule has 0 aromatic heterocycles. The second-order valence-electron chi connectivity index (χ2n) is 2.66. The standard InChI is InChI=1S/C9H8ClNO3/c10-7-3-1-6(2-4-7)5-8(11-14)9(12)13/h1-4,14H,5H2,(H,12,13)/b11-8-. The number of oxime groups is 1. The number of hydrogen-bond donors (Lipinski definition) is 2. The minimum Gasteiger partial charge on any atom is -0.477 e. The quantitative estimate of drug-likeness (QED) is 0.457. The zero-order valence-corrected chi connectivity index (χ0v) is 7.90. The first-order chi connectivity index (χ1) is 6.63. The summed E-state index contributed by atoms with van der Waals surface area (Å²) in [6.07, 6.45) is 0.0724. The first kappa shape index (κ1) is 10.5. The molecular formula is C9H8ClNO3. The van der Waals surface area contributed by atoms with Crippen molar-refractivity contribution in [3.63, 3.8) is 0 Å². The molecule has 4 nitrogen and oxygen atoms in total. The molecule has 0 amide bonds. The lowest BCUT2D eigenvalue weighted by molar-refractivity contribution is -0.129. The highest BCUT2D eigenvalue weighted by molar-refractivity contribution is 6.35. The predicted octanol–water partition coefficient (Wildman–Crippen LogP) is 1.80. The molecule has 0 bridgehead atoms. The molecule has 0 heterocycles. The van der Waals surface area contributed by atoms with E-state index >= 15 is 0 Å². The van der Waals surface area contributed by atoms with Gasteiger partial charge in [0, 0.05) is 11.4 Å². The van der Waals surface area contributed by atoms with Gasteiger partial charge >= 0.3 is 5.97 Å². The Labute approximate surface area is 85.4 Å². The Morgan fingerprint density at radius 3 is 2.36 bits per heavy atom. The van der Waals surface area contributed by atoms with Crippen molar-refractivity contribution in [1.82, 2.24) is 0 Å². The van der Waals surface area contributed by atoms with Crippen LogP contribution in [0.1, 0.15) is 5.56 Å². The van der Waals surface area contributed by atoms with Crippen molar-refractivity contribution in [2.24, 2.45) is 5.16 Å². The maximum Gasteiger partial charge on any atom is 0.354 e. The van der Waals surface area contributed by atoms with Gasteiger partial charge < -0.3 is 10.3 Å². The van der Waals surface area contributed by atoms with Gasteiger partial charge in [-0.15, -0.1) is 0 Å². The second kappa shape index (κ2) is 4.62. The Balaban J connectivity index is 2.78. The van der Waals surface area contributed by atoms with Crippen LogP contribution in [0.25, 0.3) is 0 Å². The van der Waals surface area contributed by atoms with Crippen molar-refractivity contribution in [2.45, 2.75) is 6.42 Å². The number of benzene rings is 1. The number of carbonyl (C=O) groups is 1. The van der Waals surface area contributed by atoms with Crippen molar-refractivity contribution in [1.29, 1.82) is 0 Å². The minimum absolute atomic E-state index is 0.0724. The Morgan fingerprint density at radius 1 is 1.36 bits per heavy atom. The van der Waals surface area contributed by atoms with Gasteiger partial charge in [0.25, 0.3) is 0 Å². The van der Waals surface area contributed by atoms with E-state index in [1.54, 1.807) is 24.3 Å². The molecule has 0 saturated heterocycles. The smallest absolute Gasteiger partial charge is 0.354 e. The molecule has 0 spiro atoms. The van der Waals surface area contributed by atoms with E-state index in [-0.39, 0.29) is 12.1 Å². The number of aliphatic carboxylic acids is 1. The van der Waals surface area contributed by atoms with Crippen LogP contribution in [0.4, 0.5) is 0 Å². The molecule has 1 aromatic rings. The topological polar surface area (TPSA) is 69.9 Å². The van der Waals surface area contributed by atoms with Gasteiger partial charge in [-0.05, 0) is 17.7 Å². The summed E-state index contributed by atoms with van der Waals surface area (Å²) in [5.74, 6) is -1.23. The number of rotatable bonds is 3. The van der Waals surface area contributed by atoms with Crippen LogP contribution in [0.3, 0.4) is 0 Å². The zero-order valence-electron chi connectivity index (χ0n) is 7.14. The van der Waals surface area contributed by atoms with Gasteiger partial charge in [0.2, 0.25) is 0 Å². The van der Waals surface area contributed by atoms with Gasteiger partial charge in [-0.25, -0.2) is 4.79 Å². The highest BCUT2D eigenvalue weighted by Gasteiger charge is 2.10. The van der Waals surface area contributed by atoms with E-state index in [2.05, 4.69) is 5.16 Å². The summed E-state index contributed by atoms with van der Waals surface area (Å²) in [5, 5.41) is 20.2. The van der Waals surface area contributed by atoms with Crippen molar-refractivity contribution in [3.8, 4) is 0 Å². The van der Waals surface area contributed by atoms with Crippen LogP contribution < -0.4 is 0 Å². The summed E-state index contributed by atoms with van der Waals surface area (Å²) in [5.41, 5.74) is 0.428. The highest BCUT2D eigenvalue weighted by Crippen LogP contribution is 2.10. The van der Waals surface area contributed by atoms with Crippen molar-refractivity contribution < 1.29 is 15.1 Å². The van der Waals surface area contributed by atoms with Gasteiger partial charge in [-0.1, -0.05) is 28.9 Å². The molecule has 0 aliphatic rings. The summed E-state index contributed by atoms with van der Waals surface area (Å²) in [4.78, 5) is 10.5. The summed E-state index contributed by atoms with van der Waals surface area (Å²) >= 11 is 5.65. The molecule has 5 heteroatoms. The Kier molecular flexibility index (Phi) is 3.48. The van der Waals surface area contributed by atoms with Crippen molar-refractivity contribution >= 4 is 23.3 Å². The van der Waals surface area contributed by atoms with Gasteiger partial charge in [0.05, 0.1) is 0 Å². The molecule has 0 aliphatic heterocycles. The summed E-state index contributed by atoms with van der Waals surface area (Å²) in [6.45, 7) is 0. The number of carboxylic acid groups (broad SMARTS) is 1. The van der Waals surface area contributed by atoms with E-state index < -0.39 is 5.97 Å². The Morgan fingerprint density at radius 2 is 1.93 bits per heavy atom. The summed E-state index contributed by atoms with van der Waals surface area (Å²) in [6, 6.07) is 6.65. The maximum absolute atomic E-state index is 10.5. The average Bonchev–Trinajstić information content (AvgIpc) is 2.16. The SMILES string of the molecule is O=C(O)/C(Cc1ccc(Cl)cc1)=N\O. The largest absolute Gasteiger partial charge is 0.477 e. The van der Waals surface area contributed by atoms with E-state index in [1.807, 2.05) is 0 Å². The molecule has 0 fully saturated rings. The Hall–Kier alpha value is -1.55. The third-order valence-corrected chi connectivity index (χ3v) is 1.90. The normalized spacial score (nSPS) is 11.4. The third-order valence-electron chi connectivity index (χ3n) is 1.65. The van der Waals surface area contributed by atoms with Gasteiger partial charge in [-0.3, -0.25) is 0 Å². The van der Waals surface area contributed by atoms with Crippen molar-refractivity contribution in [2.75, 3.05) is 0 Å². The molecule has 0 aliphatic carbocycles. The molecule has 0 atom stereocenters. The minimum atomic E-state index is -1.23. The molecule has 1 rings (SSSR count). The lowest BCUT2D eigenvalue weighted by Gasteiger charge is -1.99. The average molecular weight is 214 g/mol. The van der Waals surface area contributed by atoms with Crippen LogP contribution in [-0.2, 0) is 11.2 Å². The fraction of sp³-hybridized carbons (Fsp3) is 0.111. The molecule has 0 radical (unpaired) electrons. The van der Waals surface area contributed by atoms with E-state index in [1.165, 1.54) is 0 Å². The summed E-state index contributed by atoms with van der Waals surface area (Å²) < 4.78 is 0. The van der Waals surface area contributed by atoms with E-state index in [0.717, 1.165) is 5.56 Å². The first-order valence-electron chi connectivity index (χ1n) is 3.82. The Bertz CT molecular complexity index is 359. The molecule has 1 aromatic carbocycles. The molecule has 2 N–H and O–H groups in total. The monoisotopic (exact) mass is 213 g/mol. The van der Waals surface area contributed by atoms with E-state index in [0.29, 0.717) is 5.02 Å². The van der Waals surface area contributed by atoms with Crippen molar-refractivity contribution in [3.05, 3.63) is 34.9 Å². The van der Waals surface area contributed by atoms with Crippen LogP contribution in [-0.4, -0.2) is 22.0 Å². The van der Waals surface area contributed by atoms with Gasteiger partial charge in [0.15, 0.2) is 5.71 Å². The number of halogens is 1. The van der Waals surface area contributed by atoms with Gasteiger partial charge in [0.1, 0.15) is 0 Å². The van der Waals surface area contributed by atoms with Crippen LogP contribution in [0.5, 0.6) is 0 Å². The van der Waals surface area contributed by atoms with E-state index in [9.17, 15) is 4.79 Å². The fourth-order valence-corrected chi connectivity index (χ4v) is 1.08. The first-order valence-corrected chi connectivity index (χ1v) is 4.20. The molecular weight excluding hydrogens is 206 g/mol. The fourth-order valence-electron chi connectivity index (χ4n) is 0.949. The third kappa shape index (κ3) is 2.74. The van der Waals surface area contributed by atoms with Crippen LogP contribution >= 0.6 is 11.6 Å². The van der Waals surface area contributed by atoms with Crippen LogP contribution in [0.2, 0.25) is 5.02 Å². The molecule has 0 unspecified atom stereocenters.